The van der Waals surface area contributed by atoms with Gasteiger partial charge in [-0.3, -0.25) is 15.0 Å². The summed E-state index contributed by atoms with van der Waals surface area (Å²) in [6.07, 6.45) is 0.264. The van der Waals surface area contributed by atoms with Crippen LogP contribution in [0.2, 0.25) is 0 Å². The van der Waals surface area contributed by atoms with E-state index in [1.54, 1.807) is 6.92 Å². The average molecular weight is 270 g/mol. The van der Waals surface area contributed by atoms with E-state index < -0.39 is 0 Å². The fraction of sp³-hybridized carbons (Fsp3) is 0.286. The third-order valence-corrected chi connectivity index (χ3v) is 3.46. The van der Waals surface area contributed by atoms with Gasteiger partial charge in [0, 0.05) is 6.42 Å². The summed E-state index contributed by atoms with van der Waals surface area (Å²) in [6, 6.07) is 7.86. The minimum Gasteiger partial charge on any atom is -0.273 e. The Morgan fingerprint density at radius 3 is 2.55 bits per heavy atom. The maximum absolute atomic E-state index is 12.0. The van der Waals surface area contributed by atoms with Crippen molar-refractivity contribution in [1.82, 2.24) is 14.9 Å². The molecule has 20 heavy (non-hydrogen) atoms. The van der Waals surface area contributed by atoms with Crippen molar-refractivity contribution in [2.24, 2.45) is 0 Å². The first kappa shape index (κ1) is 12.5. The first-order valence-corrected chi connectivity index (χ1v) is 6.39. The summed E-state index contributed by atoms with van der Waals surface area (Å²) in [5.74, 6) is 0.0341. The zero-order chi connectivity index (χ0) is 14.3. The molecule has 1 aromatic heterocycles. The van der Waals surface area contributed by atoms with E-state index in [2.05, 4.69) is 15.6 Å². The molecule has 1 N–H and O–H groups in total. The van der Waals surface area contributed by atoms with Gasteiger partial charge in [0.2, 0.25) is 5.91 Å². The second-order valence-corrected chi connectivity index (χ2v) is 4.99. The first-order valence-electron chi connectivity index (χ1n) is 6.39. The third kappa shape index (κ3) is 1.99. The van der Waals surface area contributed by atoms with E-state index >= 15 is 0 Å². The van der Waals surface area contributed by atoms with Gasteiger partial charge in [0.25, 0.3) is 5.56 Å². The molecule has 0 fully saturated rings. The molecule has 1 aliphatic rings. The van der Waals surface area contributed by atoms with Gasteiger partial charge < -0.3 is 0 Å². The van der Waals surface area contributed by atoms with Gasteiger partial charge in [-0.05, 0) is 19.4 Å². The van der Waals surface area contributed by atoms with E-state index in [1.165, 1.54) is 4.68 Å². The second kappa shape index (κ2) is 4.56. The van der Waals surface area contributed by atoms with E-state index in [0.717, 1.165) is 11.1 Å². The quantitative estimate of drug-likeness (QED) is 0.833. The largest absolute Gasteiger partial charge is 0.294 e. The molecule has 3 rings (SSSR count). The molecular formula is C14H14N4O2. The Labute approximate surface area is 115 Å². The maximum atomic E-state index is 12.0. The van der Waals surface area contributed by atoms with Gasteiger partial charge in [-0.25, -0.2) is 0 Å². The van der Waals surface area contributed by atoms with E-state index in [-0.39, 0.29) is 29.5 Å². The highest BCUT2D eigenvalue weighted by atomic mass is 16.2. The van der Waals surface area contributed by atoms with E-state index in [0.29, 0.717) is 5.82 Å². The Morgan fingerprint density at radius 2 is 1.85 bits per heavy atom. The summed E-state index contributed by atoms with van der Waals surface area (Å²) >= 11 is 0. The number of rotatable bonds is 1. The van der Waals surface area contributed by atoms with Crippen molar-refractivity contribution in [3.8, 4) is 0 Å². The number of aromatic nitrogens is 3. The average Bonchev–Trinajstić information content (AvgIpc) is 2.43. The lowest BCUT2D eigenvalue weighted by Gasteiger charge is -2.25. The van der Waals surface area contributed by atoms with Gasteiger partial charge in [-0.15, -0.1) is 10.2 Å². The number of aryl methyl sites for hydroxylation is 2. The van der Waals surface area contributed by atoms with Crippen LogP contribution in [0.4, 0.5) is 0 Å². The van der Waals surface area contributed by atoms with Crippen molar-refractivity contribution in [2.45, 2.75) is 26.2 Å². The van der Waals surface area contributed by atoms with Crippen LogP contribution >= 0.6 is 0 Å². The van der Waals surface area contributed by atoms with E-state index in [4.69, 9.17) is 0 Å². The number of fused-ring (bicyclic) bond motifs is 1. The van der Waals surface area contributed by atoms with Crippen molar-refractivity contribution < 1.29 is 4.79 Å². The molecule has 0 saturated heterocycles. The monoisotopic (exact) mass is 270 g/mol. The second-order valence-electron chi connectivity index (χ2n) is 4.99. The summed E-state index contributed by atoms with van der Waals surface area (Å²) < 4.78 is 1.21. The van der Waals surface area contributed by atoms with Crippen molar-refractivity contribution >= 4 is 5.91 Å². The maximum Gasteiger partial charge on any atom is 0.294 e. The molecule has 0 spiro atoms. The number of nitrogens with one attached hydrogen (secondary N) is 1. The van der Waals surface area contributed by atoms with Gasteiger partial charge in [-0.1, -0.05) is 29.8 Å². The van der Waals surface area contributed by atoms with E-state index in [1.807, 2.05) is 31.2 Å². The zero-order valence-electron chi connectivity index (χ0n) is 11.3. The standard InChI is InChI=1S/C14H14N4O2/c1-8-3-5-10(6-4-8)11-7-12(19)17-18-13(11)16-15-9(2)14(18)20/h3-6,11H,7H2,1-2H3,(H,17,19). The van der Waals surface area contributed by atoms with Crippen molar-refractivity contribution in [1.29, 1.82) is 0 Å². The van der Waals surface area contributed by atoms with Crippen LogP contribution in [-0.4, -0.2) is 20.8 Å². The van der Waals surface area contributed by atoms with Crippen LogP contribution in [0.15, 0.2) is 29.1 Å². The number of hydrogen-bond acceptors (Lipinski definition) is 4. The predicted octanol–water partition coefficient (Wildman–Crippen LogP) is 0.861. The number of hydrogen-bond donors (Lipinski definition) is 1. The number of nitrogens with zero attached hydrogens (tertiary/aromatic N) is 3. The molecule has 0 bridgehead atoms. The van der Waals surface area contributed by atoms with Crippen molar-refractivity contribution in [3.05, 3.63) is 57.3 Å². The molecule has 1 aliphatic heterocycles. The molecule has 0 saturated carbocycles. The Hall–Kier alpha value is -2.50. The summed E-state index contributed by atoms with van der Waals surface area (Å²) in [5, 5.41) is 7.97. The molecule has 1 aromatic carbocycles. The molecular weight excluding hydrogens is 256 g/mol. The third-order valence-electron chi connectivity index (χ3n) is 3.46. The minimum absolute atomic E-state index is 0.197. The van der Waals surface area contributed by atoms with Gasteiger partial charge in [-0.2, -0.15) is 4.68 Å². The number of benzene rings is 1. The molecule has 6 heteroatoms. The smallest absolute Gasteiger partial charge is 0.273 e. The lowest BCUT2D eigenvalue weighted by atomic mass is 9.93. The van der Waals surface area contributed by atoms with Crippen LogP contribution in [0.3, 0.4) is 0 Å². The summed E-state index contributed by atoms with van der Waals surface area (Å²) in [5.41, 5.74) is 4.57. The molecule has 1 atom stereocenters. The SMILES string of the molecule is Cc1ccc(C2CC(=O)Nn3c2nnc(C)c3=O)cc1. The van der Waals surface area contributed by atoms with Gasteiger partial charge in [0.05, 0.1) is 5.92 Å². The van der Waals surface area contributed by atoms with Crippen LogP contribution in [0.5, 0.6) is 0 Å². The Balaban J connectivity index is 2.16. The lowest BCUT2D eigenvalue weighted by molar-refractivity contribution is -0.118. The number of carbonyl (C=O) groups is 1. The number of carbonyl (C=O) groups excluding carboxylic acids is 1. The molecule has 0 radical (unpaired) electrons. The van der Waals surface area contributed by atoms with Crippen molar-refractivity contribution in [2.75, 3.05) is 5.43 Å². The molecule has 1 amide bonds. The Morgan fingerprint density at radius 1 is 1.15 bits per heavy atom. The van der Waals surface area contributed by atoms with Gasteiger partial charge in [0.15, 0.2) is 5.82 Å². The lowest BCUT2D eigenvalue weighted by Crippen LogP contribution is -2.43. The highest BCUT2D eigenvalue weighted by molar-refractivity contribution is 5.86. The molecule has 2 heterocycles. The van der Waals surface area contributed by atoms with Crippen LogP contribution in [0.25, 0.3) is 0 Å². The highest BCUT2D eigenvalue weighted by Gasteiger charge is 2.29. The summed E-state index contributed by atoms with van der Waals surface area (Å²) in [6.45, 7) is 3.57. The molecule has 6 nitrogen and oxygen atoms in total. The fourth-order valence-electron chi connectivity index (χ4n) is 2.33. The first-order chi connectivity index (χ1) is 9.56. The highest BCUT2D eigenvalue weighted by Crippen LogP contribution is 2.28. The van der Waals surface area contributed by atoms with Crippen LogP contribution in [0, 0.1) is 13.8 Å². The Bertz CT molecular complexity index is 734. The molecule has 102 valence electrons. The minimum atomic E-state index is -0.333. The van der Waals surface area contributed by atoms with Crippen LogP contribution in [0.1, 0.15) is 35.0 Å². The predicted molar refractivity (Wildman–Crippen MR) is 73.0 cm³/mol. The van der Waals surface area contributed by atoms with E-state index in [9.17, 15) is 9.59 Å². The normalized spacial score (nSPS) is 17.5. The van der Waals surface area contributed by atoms with Crippen molar-refractivity contribution in [3.63, 3.8) is 0 Å². The van der Waals surface area contributed by atoms with Crippen LogP contribution in [-0.2, 0) is 4.79 Å². The molecule has 2 aromatic rings. The molecule has 0 aliphatic carbocycles. The van der Waals surface area contributed by atoms with Crippen LogP contribution < -0.4 is 11.0 Å². The fourth-order valence-corrected chi connectivity index (χ4v) is 2.33. The topological polar surface area (TPSA) is 76.9 Å². The van der Waals surface area contributed by atoms with Gasteiger partial charge in [0.1, 0.15) is 5.69 Å². The summed E-state index contributed by atoms with van der Waals surface area (Å²) in [7, 11) is 0. The summed E-state index contributed by atoms with van der Waals surface area (Å²) in [4.78, 5) is 23.9. The zero-order valence-corrected chi connectivity index (χ0v) is 11.3. The van der Waals surface area contributed by atoms with Gasteiger partial charge >= 0.3 is 0 Å². The molecule has 1 unspecified atom stereocenters. The number of amides is 1. The Kier molecular flexibility index (Phi) is 2.85.